The second-order valence-electron chi connectivity index (χ2n) is 9.17. The van der Waals surface area contributed by atoms with Crippen molar-refractivity contribution in [2.24, 2.45) is 0 Å². The Morgan fingerprint density at radius 1 is 0.429 bits per heavy atom. The molecule has 2 nitrogen and oxygen atoms in total. The van der Waals surface area contributed by atoms with Crippen LogP contribution < -0.4 is 5.46 Å². The molecule has 0 aliphatic heterocycles. The van der Waals surface area contributed by atoms with Crippen molar-refractivity contribution in [2.45, 2.75) is 0 Å². The highest BCUT2D eigenvalue weighted by Gasteiger charge is 2.19. The Hall–Kier alpha value is -4.18. The molecule has 0 bridgehead atoms. The molecule has 0 atom stereocenters. The molecule has 0 radical (unpaired) electrons. The number of rotatable bonds is 3. The standard InChI is InChI=1S/C32H21BO2/c34-33(35)30-18-14-22-12-16-28-27(15-11-21-13-17-29(30)32(22)31(21)28)24-8-3-7-23(19-24)26-10-4-6-20-5-1-2-9-25(20)26/h1-19,34-35H. The average Bonchev–Trinajstić information content (AvgIpc) is 2.91. The van der Waals surface area contributed by atoms with E-state index in [-0.39, 0.29) is 0 Å². The molecule has 7 rings (SSSR count). The van der Waals surface area contributed by atoms with Crippen LogP contribution in [0.25, 0.3) is 65.3 Å². The maximum atomic E-state index is 9.96. The van der Waals surface area contributed by atoms with Crippen LogP contribution in [-0.4, -0.2) is 17.2 Å². The zero-order valence-electron chi connectivity index (χ0n) is 18.9. The predicted octanol–water partition coefficient (Wildman–Crippen LogP) is 6.75. The normalized spacial score (nSPS) is 11.7. The molecule has 0 aromatic heterocycles. The minimum atomic E-state index is -1.50. The lowest BCUT2D eigenvalue weighted by Crippen LogP contribution is -2.30. The lowest BCUT2D eigenvalue weighted by atomic mass is 9.75. The first-order valence-electron chi connectivity index (χ1n) is 11.8. The van der Waals surface area contributed by atoms with Gasteiger partial charge in [-0.05, 0) is 76.9 Å². The molecule has 0 saturated heterocycles. The van der Waals surface area contributed by atoms with Gasteiger partial charge in [-0.15, -0.1) is 0 Å². The highest BCUT2D eigenvalue weighted by molar-refractivity contribution is 6.62. The topological polar surface area (TPSA) is 40.5 Å². The van der Waals surface area contributed by atoms with Crippen LogP contribution in [0.15, 0.2) is 115 Å². The molecule has 0 fully saturated rings. The Balaban J connectivity index is 1.49. The van der Waals surface area contributed by atoms with Gasteiger partial charge < -0.3 is 10.0 Å². The molecule has 0 spiro atoms. The van der Waals surface area contributed by atoms with E-state index >= 15 is 0 Å². The summed E-state index contributed by atoms with van der Waals surface area (Å²) in [6.07, 6.45) is 0. The molecule has 35 heavy (non-hydrogen) atoms. The summed E-state index contributed by atoms with van der Waals surface area (Å²) in [5.74, 6) is 0. The van der Waals surface area contributed by atoms with Gasteiger partial charge in [0, 0.05) is 0 Å². The molecular formula is C32H21BO2. The van der Waals surface area contributed by atoms with E-state index in [0.717, 1.165) is 32.5 Å². The molecule has 3 heteroatoms. The molecular weight excluding hydrogens is 427 g/mol. The third kappa shape index (κ3) is 3.06. The van der Waals surface area contributed by atoms with Gasteiger partial charge in [0.25, 0.3) is 0 Å². The van der Waals surface area contributed by atoms with E-state index in [1.807, 2.05) is 12.1 Å². The van der Waals surface area contributed by atoms with Gasteiger partial charge in [0.15, 0.2) is 0 Å². The fourth-order valence-corrected chi connectivity index (χ4v) is 5.63. The lowest BCUT2D eigenvalue weighted by Gasteiger charge is -2.16. The van der Waals surface area contributed by atoms with Crippen molar-refractivity contribution in [2.75, 3.05) is 0 Å². The highest BCUT2D eigenvalue weighted by Crippen LogP contribution is 2.40. The highest BCUT2D eigenvalue weighted by atomic mass is 16.4. The van der Waals surface area contributed by atoms with Crippen LogP contribution in [0, 0.1) is 0 Å². The summed E-state index contributed by atoms with van der Waals surface area (Å²) in [6, 6.07) is 40.3. The van der Waals surface area contributed by atoms with E-state index < -0.39 is 7.12 Å². The second-order valence-corrected chi connectivity index (χ2v) is 9.17. The molecule has 0 aliphatic rings. The summed E-state index contributed by atoms with van der Waals surface area (Å²) in [7, 11) is -1.50. The van der Waals surface area contributed by atoms with Gasteiger partial charge in [-0.1, -0.05) is 109 Å². The summed E-state index contributed by atoms with van der Waals surface area (Å²) in [6.45, 7) is 0. The second kappa shape index (κ2) is 7.67. The van der Waals surface area contributed by atoms with Crippen LogP contribution in [0.3, 0.4) is 0 Å². The van der Waals surface area contributed by atoms with Crippen molar-refractivity contribution in [1.82, 2.24) is 0 Å². The van der Waals surface area contributed by atoms with Crippen molar-refractivity contribution in [3.05, 3.63) is 115 Å². The maximum absolute atomic E-state index is 9.96. The first-order chi connectivity index (χ1) is 17.2. The minimum absolute atomic E-state index is 0.537. The summed E-state index contributed by atoms with van der Waals surface area (Å²) in [5.41, 5.74) is 5.29. The van der Waals surface area contributed by atoms with E-state index in [9.17, 15) is 10.0 Å². The fraction of sp³-hybridized carbons (Fsp3) is 0. The number of hydrogen-bond donors (Lipinski definition) is 2. The lowest BCUT2D eigenvalue weighted by molar-refractivity contribution is 0.426. The third-order valence-electron chi connectivity index (χ3n) is 7.25. The minimum Gasteiger partial charge on any atom is -0.423 e. The van der Waals surface area contributed by atoms with Gasteiger partial charge in [-0.3, -0.25) is 0 Å². The van der Waals surface area contributed by atoms with E-state index in [0.29, 0.717) is 5.46 Å². The van der Waals surface area contributed by atoms with Gasteiger partial charge in [0.05, 0.1) is 0 Å². The van der Waals surface area contributed by atoms with Gasteiger partial charge in [-0.2, -0.15) is 0 Å². The predicted molar refractivity (Wildman–Crippen MR) is 148 cm³/mol. The average molecular weight is 448 g/mol. The van der Waals surface area contributed by atoms with Crippen LogP contribution in [0.2, 0.25) is 0 Å². The van der Waals surface area contributed by atoms with Crippen molar-refractivity contribution < 1.29 is 10.0 Å². The summed E-state index contributed by atoms with van der Waals surface area (Å²) in [5, 5.41) is 28.9. The summed E-state index contributed by atoms with van der Waals surface area (Å²) >= 11 is 0. The van der Waals surface area contributed by atoms with Crippen molar-refractivity contribution >= 4 is 55.7 Å². The van der Waals surface area contributed by atoms with Crippen molar-refractivity contribution in [3.63, 3.8) is 0 Å². The number of benzene rings is 7. The van der Waals surface area contributed by atoms with Crippen LogP contribution >= 0.6 is 0 Å². The van der Waals surface area contributed by atoms with E-state index in [2.05, 4.69) is 97.1 Å². The van der Waals surface area contributed by atoms with Crippen LogP contribution in [0.4, 0.5) is 0 Å². The zero-order chi connectivity index (χ0) is 23.5. The molecule has 0 heterocycles. The van der Waals surface area contributed by atoms with E-state index in [1.54, 1.807) is 6.07 Å². The Morgan fingerprint density at radius 3 is 1.83 bits per heavy atom. The van der Waals surface area contributed by atoms with Crippen LogP contribution in [0.1, 0.15) is 0 Å². The van der Waals surface area contributed by atoms with Gasteiger partial charge in [0.1, 0.15) is 0 Å². The smallest absolute Gasteiger partial charge is 0.423 e. The largest absolute Gasteiger partial charge is 0.489 e. The van der Waals surface area contributed by atoms with Gasteiger partial charge in [0.2, 0.25) is 0 Å². The Kier molecular flexibility index (Phi) is 4.43. The fourth-order valence-electron chi connectivity index (χ4n) is 5.63. The molecule has 2 N–H and O–H groups in total. The Bertz CT molecular complexity index is 1880. The third-order valence-corrected chi connectivity index (χ3v) is 7.25. The Morgan fingerprint density at radius 2 is 1.03 bits per heavy atom. The first-order valence-corrected chi connectivity index (χ1v) is 11.8. The van der Waals surface area contributed by atoms with Crippen LogP contribution in [-0.2, 0) is 0 Å². The molecule has 7 aromatic rings. The molecule has 0 saturated carbocycles. The number of fused-ring (bicyclic) bond motifs is 1. The summed E-state index contributed by atoms with van der Waals surface area (Å²) in [4.78, 5) is 0. The molecule has 0 amide bonds. The van der Waals surface area contributed by atoms with Crippen molar-refractivity contribution in [3.8, 4) is 22.3 Å². The maximum Gasteiger partial charge on any atom is 0.489 e. The zero-order valence-corrected chi connectivity index (χ0v) is 18.9. The van der Waals surface area contributed by atoms with E-state index in [1.165, 1.54) is 32.8 Å². The molecule has 0 aliphatic carbocycles. The summed E-state index contributed by atoms with van der Waals surface area (Å²) < 4.78 is 0. The van der Waals surface area contributed by atoms with Crippen molar-refractivity contribution in [1.29, 1.82) is 0 Å². The van der Waals surface area contributed by atoms with Gasteiger partial charge in [-0.25, -0.2) is 0 Å². The van der Waals surface area contributed by atoms with Crippen LogP contribution in [0.5, 0.6) is 0 Å². The molecule has 7 aromatic carbocycles. The Labute approximate surface area is 203 Å². The first kappa shape index (κ1) is 20.2. The monoisotopic (exact) mass is 448 g/mol. The quantitative estimate of drug-likeness (QED) is 0.232. The van der Waals surface area contributed by atoms with Gasteiger partial charge >= 0.3 is 7.12 Å². The SMILES string of the molecule is OB(O)c1ccc2ccc3c(-c4cccc(-c5cccc6ccccc56)c4)ccc4ccc1c2c43. The van der Waals surface area contributed by atoms with E-state index in [4.69, 9.17) is 0 Å². The molecule has 164 valence electrons. The molecule has 0 unspecified atom stereocenters. The number of hydrogen-bond acceptors (Lipinski definition) is 2.